The summed E-state index contributed by atoms with van der Waals surface area (Å²) in [5.74, 6) is 0.949. The van der Waals surface area contributed by atoms with Gasteiger partial charge in [-0.1, -0.05) is 12.1 Å². The minimum atomic E-state index is -0.0477. The molecule has 0 fully saturated rings. The van der Waals surface area contributed by atoms with Gasteiger partial charge in [-0.05, 0) is 48.4 Å². The van der Waals surface area contributed by atoms with Crippen LogP contribution in [0.3, 0.4) is 0 Å². The fourth-order valence-corrected chi connectivity index (χ4v) is 4.28. The van der Waals surface area contributed by atoms with E-state index < -0.39 is 0 Å². The highest BCUT2D eigenvalue weighted by Gasteiger charge is 2.27. The van der Waals surface area contributed by atoms with E-state index in [0.717, 1.165) is 41.8 Å². The smallest absolute Gasteiger partial charge is 0.220 e. The molecule has 0 aliphatic carbocycles. The predicted molar refractivity (Wildman–Crippen MR) is 111 cm³/mol. The predicted octanol–water partition coefficient (Wildman–Crippen LogP) is 3.96. The molecular formula is C22H23N3O2S. The highest BCUT2D eigenvalue weighted by Crippen LogP contribution is 2.38. The zero-order valence-corrected chi connectivity index (χ0v) is 16.7. The number of thiophene rings is 1. The van der Waals surface area contributed by atoms with E-state index in [4.69, 9.17) is 4.74 Å². The largest absolute Gasteiger partial charge is 0.487 e. The van der Waals surface area contributed by atoms with Crippen molar-refractivity contribution in [1.29, 1.82) is 0 Å². The number of fused-ring (bicyclic) bond motifs is 1. The van der Waals surface area contributed by atoms with Crippen LogP contribution in [0.2, 0.25) is 0 Å². The quantitative estimate of drug-likeness (QED) is 0.660. The highest BCUT2D eigenvalue weighted by molar-refractivity contribution is 7.09. The van der Waals surface area contributed by atoms with Gasteiger partial charge in [0.1, 0.15) is 11.9 Å². The lowest BCUT2D eigenvalue weighted by molar-refractivity contribution is -0.121. The molecule has 5 nitrogen and oxygen atoms in total. The first kappa shape index (κ1) is 18.6. The summed E-state index contributed by atoms with van der Waals surface area (Å²) in [6.45, 7) is 2.59. The molecule has 0 saturated heterocycles. The summed E-state index contributed by atoms with van der Waals surface area (Å²) in [5.41, 5.74) is 4.10. The molecule has 6 heteroatoms. The van der Waals surface area contributed by atoms with Crippen molar-refractivity contribution in [2.45, 2.75) is 38.7 Å². The number of benzene rings is 1. The second-order valence-electron chi connectivity index (χ2n) is 7.07. The molecule has 1 aliphatic heterocycles. The number of nitrogens with one attached hydrogen (secondary N) is 1. The normalized spacial score (nSPS) is 15.1. The maximum Gasteiger partial charge on any atom is 0.220 e. The Morgan fingerprint density at radius 3 is 3.07 bits per heavy atom. The van der Waals surface area contributed by atoms with Crippen LogP contribution in [0.25, 0.3) is 11.3 Å². The number of aromatic nitrogens is 2. The highest BCUT2D eigenvalue weighted by atomic mass is 32.1. The van der Waals surface area contributed by atoms with Gasteiger partial charge in [0.25, 0.3) is 0 Å². The minimum Gasteiger partial charge on any atom is -0.487 e. The van der Waals surface area contributed by atoms with Gasteiger partial charge >= 0.3 is 0 Å². The maximum absolute atomic E-state index is 12.2. The van der Waals surface area contributed by atoms with Crippen molar-refractivity contribution in [2.75, 3.05) is 6.54 Å². The number of hydrogen-bond acceptors (Lipinski definition) is 5. The van der Waals surface area contributed by atoms with Crippen molar-refractivity contribution < 1.29 is 9.53 Å². The number of nitrogens with zero attached hydrogens (tertiary/aromatic N) is 2. The first-order valence-corrected chi connectivity index (χ1v) is 10.4. The van der Waals surface area contributed by atoms with Crippen molar-refractivity contribution >= 4 is 17.2 Å². The summed E-state index contributed by atoms with van der Waals surface area (Å²) in [6, 6.07) is 8.39. The van der Waals surface area contributed by atoms with Gasteiger partial charge in [0.05, 0.1) is 18.4 Å². The number of hydrogen-bond donors (Lipinski definition) is 1. The van der Waals surface area contributed by atoms with Gasteiger partial charge < -0.3 is 10.1 Å². The van der Waals surface area contributed by atoms with Gasteiger partial charge in [0, 0.05) is 35.7 Å². The van der Waals surface area contributed by atoms with Gasteiger partial charge in [-0.15, -0.1) is 11.3 Å². The Balaban J connectivity index is 1.33. The Labute approximate surface area is 168 Å². The molecule has 1 aliphatic rings. The standard InChI is InChI=1S/C22H23N3O2S/c1-15-10-16-12-17(13-25-21(26)6-2-4-18-5-3-9-28-18)27-22(16)19(11-15)20-14-23-7-8-24-20/h3,5,7-11,14,17H,2,4,6,12-13H2,1H3,(H,25,26)/t17-/m0/s1. The van der Waals surface area contributed by atoms with E-state index in [0.29, 0.717) is 13.0 Å². The third kappa shape index (κ3) is 4.39. The van der Waals surface area contributed by atoms with E-state index in [9.17, 15) is 4.79 Å². The van der Waals surface area contributed by atoms with E-state index >= 15 is 0 Å². The Hall–Kier alpha value is -2.73. The molecule has 3 aromatic rings. The average molecular weight is 394 g/mol. The molecule has 144 valence electrons. The fourth-order valence-electron chi connectivity index (χ4n) is 3.53. The third-order valence-corrected chi connectivity index (χ3v) is 5.75. The minimum absolute atomic E-state index is 0.0477. The van der Waals surface area contributed by atoms with Crippen LogP contribution in [0.1, 0.15) is 28.8 Å². The molecular weight excluding hydrogens is 370 g/mol. The zero-order valence-electron chi connectivity index (χ0n) is 15.9. The molecule has 28 heavy (non-hydrogen) atoms. The molecule has 0 radical (unpaired) electrons. The molecule has 2 aromatic heterocycles. The van der Waals surface area contributed by atoms with Gasteiger partial charge in [-0.2, -0.15) is 0 Å². The Morgan fingerprint density at radius 2 is 2.29 bits per heavy atom. The van der Waals surface area contributed by atoms with E-state index in [1.807, 2.05) is 6.07 Å². The van der Waals surface area contributed by atoms with Crippen molar-refractivity contribution in [2.24, 2.45) is 0 Å². The summed E-state index contributed by atoms with van der Waals surface area (Å²) >= 11 is 1.74. The van der Waals surface area contributed by atoms with E-state index in [-0.39, 0.29) is 12.0 Å². The van der Waals surface area contributed by atoms with Gasteiger partial charge in [0.15, 0.2) is 0 Å². The molecule has 1 aromatic carbocycles. The summed E-state index contributed by atoms with van der Waals surface area (Å²) in [4.78, 5) is 22.1. The van der Waals surface area contributed by atoms with Crippen LogP contribution in [0.4, 0.5) is 0 Å². The van der Waals surface area contributed by atoms with Crippen LogP contribution >= 0.6 is 11.3 Å². The van der Waals surface area contributed by atoms with Crippen molar-refractivity contribution in [3.8, 4) is 17.0 Å². The second kappa shape index (κ2) is 8.52. The van der Waals surface area contributed by atoms with Crippen molar-refractivity contribution in [3.05, 3.63) is 64.2 Å². The number of carbonyl (C=O) groups excluding carboxylic acids is 1. The Kier molecular flexibility index (Phi) is 5.67. The number of rotatable bonds is 7. The van der Waals surface area contributed by atoms with E-state index in [1.54, 1.807) is 29.9 Å². The summed E-state index contributed by atoms with van der Waals surface area (Å²) < 4.78 is 6.18. The van der Waals surface area contributed by atoms with Gasteiger partial charge in [0.2, 0.25) is 5.91 Å². The molecule has 1 atom stereocenters. The van der Waals surface area contributed by atoms with E-state index in [2.05, 4.69) is 45.8 Å². The average Bonchev–Trinajstić information content (AvgIpc) is 3.36. The summed E-state index contributed by atoms with van der Waals surface area (Å²) in [6.07, 6.45) is 8.21. The lowest BCUT2D eigenvalue weighted by atomic mass is 10.0. The Bertz CT molecular complexity index is 942. The molecule has 3 heterocycles. The number of ether oxygens (including phenoxy) is 1. The zero-order chi connectivity index (χ0) is 19.3. The van der Waals surface area contributed by atoms with E-state index in [1.165, 1.54) is 10.4 Å². The lowest BCUT2D eigenvalue weighted by Crippen LogP contribution is -2.34. The summed E-state index contributed by atoms with van der Waals surface area (Å²) in [7, 11) is 0. The van der Waals surface area contributed by atoms with Gasteiger partial charge in [-0.25, -0.2) is 0 Å². The molecule has 4 rings (SSSR count). The number of aryl methyl sites for hydroxylation is 2. The van der Waals surface area contributed by atoms with Crippen molar-refractivity contribution in [1.82, 2.24) is 15.3 Å². The van der Waals surface area contributed by atoms with Crippen LogP contribution in [-0.4, -0.2) is 28.5 Å². The molecule has 1 amide bonds. The monoisotopic (exact) mass is 393 g/mol. The third-order valence-electron chi connectivity index (χ3n) is 4.82. The maximum atomic E-state index is 12.2. The SMILES string of the molecule is Cc1cc2c(c(-c3cnccn3)c1)O[C@H](CNC(=O)CCCc1cccs1)C2. The van der Waals surface area contributed by atoms with Crippen LogP contribution in [0.15, 0.2) is 48.2 Å². The Morgan fingerprint density at radius 1 is 1.36 bits per heavy atom. The fraction of sp³-hybridized carbons (Fsp3) is 0.318. The molecule has 0 spiro atoms. The number of carbonyl (C=O) groups is 1. The van der Waals surface area contributed by atoms with Crippen molar-refractivity contribution in [3.63, 3.8) is 0 Å². The molecule has 0 saturated carbocycles. The summed E-state index contributed by atoms with van der Waals surface area (Å²) in [5, 5.41) is 5.10. The van der Waals surface area contributed by atoms with Crippen LogP contribution in [0.5, 0.6) is 5.75 Å². The number of amides is 1. The molecule has 1 N–H and O–H groups in total. The molecule has 0 unspecified atom stereocenters. The first-order valence-electron chi connectivity index (χ1n) is 9.54. The van der Waals surface area contributed by atoms with Crippen LogP contribution in [-0.2, 0) is 17.6 Å². The lowest BCUT2D eigenvalue weighted by Gasteiger charge is -2.13. The second-order valence-corrected chi connectivity index (χ2v) is 8.10. The van der Waals surface area contributed by atoms with Gasteiger partial charge in [-0.3, -0.25) is 14.8 Å². The van der Waals surface area contributed by atoms with Crippen LogP contribution in [0, 0.1) is 6.92 Å². The molecule has 0 bridgehead atoms. The first-order chi connectivity index (χ1) is 13.7. The van der Waals surface area contributed by atoms with Crippen LogP contribution < -0.4 is 10.1 Å². The topological polar surface area (TPSA) is 64.1 Å².